The molecule has 1 aliphatic heterocycles. The minimum Gasteiger partial charge on any atom is -0.271 e. The topological polar surface area (TPSA) is 53.2 Å². The molecule has 0 saturated heterocycles. The van der Waals surface area contributed by atoms with Crippen molar-refractivity contribution in [1.82, 2.24) is 0 Å². The van der Waals surface area contributed by atoms with Crippen LogP contribution in [0, 0.1) is 23.2 Å². The van der Waals surface area contributed by atoms with Gasteiger partial charge in [0.1, 0.15) is 5.92 Å². The van der Waals surface area contributed by atoms with E-state index in [2.05, 4.69) is 4.99 Å². The van der Waals surface area contributed by atoms with Gasteiger partial charge in [-0.05, 0) is 18.9 Å². The first kappa shape index (κ1) is 7.23. The third kappa shape index (κ3) is 1.16. The van der Waals surface area contributed by atoms with E-state index in [1.807, 2.05) is 12.1 Å². The summed E-state index contributed by atoms with van der Waals surface area (Å²) in [6, 6.07) is 1.89. The number of dihydropyridines is 1. The molecule has 1 heterocycles. The van der Waals surface area contributed by atoms with Gasteiger partial charge in [-0.25, -0.2) is 4.99 Å². The lowest BCUT2D eigenvalue weighted by atomic mass is 10.1. The van der Waals surface area contributed by atoms with E-state index in [-0.39, 0.29) is 5.91 Å². The Hall–Kier alpha value is -1.43. The molecule has 3 heteroatoms. The molecule has 1 atom stereocenters. The summed E-state index contributed by atoms with van der Waals surface area (Å²) in [5, 5.41) is 8.51. The van der Waals surface area contributed by atoms with Crippen molar-refractivity contribution in [2.45, 2.75) is 12.8 Å². The normalized spacial score (nSPS) is 28.1. The summed E-state index contributed by atoms with van der Waals surface area (Å²) < 4.78 is 0. The van der Waals surface area contributed by atoms with E-state index >= 15 is 0 Å². The Morgan fingerprint density at radius 1 is 1.58 bits per heavy atom. The summed E-state index contributed by atoms with van der Waals surface area (Å²) >= 11 is 0. The summed E-state index contributed by atoms with van der Waals surface area (Å²) in [5.41, 5.74) is 0.867. The van der Waals surface area contributed by atoms with E-state index in [1.54, 1.807) is 6.08 Å². The maximum absolute atomic E-state index is 11.1. The van der Waals surface area contributed by atoms with Crippen molar-refractivity contribution in [3.05, 3.63) is 12.2 Å². The molecule has 0 aromatic rings. The second-order valence-electron chi connectivity index (χ2n) is 3.12. The van der Waals surface area contributed by atoms with Crippen LogP contribution in [0.25, 0.3) is 0 Å². The average molecular weight is 160 g/mol. The van der Waals surface area contributed by atoms with Crippen molar-refractivity contribution >= 4 is 11.6 Å². The highest BCUT2D eigenvalue weighted by atomic mass is 16.1. The summed E-state index contributed by atoms with van der Waals surface area (Å²) in [6.45, 7) is 0. The molecule has 1 fully saturated rings. The Labute approximate surface area is 70.4 Å². The molecular weight excluding hydrogens is 152 g/mol. The number of amides is 1. The number of carbonyl (C=O) groups is 1. The van der Waals surface area contributed by atoms with Gasteiger partial charge in [-0.3, -0.25) is 4.79 Å². The molecule has 1 aliphatic carbocycles. The van der Waals surface area contributed by atoms with Crippen LogP contribution in [0.1, 0.15) is 12.8 Å². The fourth-order valence-electron chi connectivity index (χ4n) is 1.22. The Balaban J connectivity index is 2.18. The molecule has 2 aliphatic rings. The molecule has 0 aromatic carbocycles. The Morgan fingerprint density at radius 3 is 2.83 bits per heavy atom. The first-order valence-corrected chi connectivity index (χ1v) is 4.01. The number of carbonyl (C=O) groups excluding carboxylic acids is 1. The Morgan fingerprint density at radius 2 is 2.33 bits per heavy atom. The van der Waals surface area contributed by atoms with Gasteiger partial charge in [-0.15, -0.1) is 0 Å². The summed E-state index contributed by atoms with van der Waals surface area (Å²) in [6.07, 6.45) is 5.72. The van der Waals surface area contributed by atoms with Gasteiger partial charge >= 0.3 is 0 Å². The van der Waals surface area contributed by atoms with Crippen LogP contribution in [0.4, 0.5) is 0 Å². The van der Waals surface area contributed by atoms with Gasteiger partial charge < -0.3 is 0 Å². The lowest BCUT2D eigenvalue weighted by Crippen LogP contribution is -2.15. The molecule has 3 nitrogen and oxygen atoms in total. The molecule has 1 amide bonds. The third-order valence-corrected chi connectivity index (χ3v) is 2.10. The van der Waals surface area contributed by atoms with Crippen LogP contribution < -0.4 is 0 Å². The van der Waals surface area contributed by atoms with Crippen LogP contribution in [0.3, 0.4) is 0 Å². The molecule has 60 valence electrons. The first-order chi connectivity index (χ1) is 5.81. The molecule has 1 saturated carbocycles. The van der Waals surface area contributed by atoms with Gasteiger partial charge in [0, 0.05) is 11.6 Å². The fraction of sp³-hybridized carbons (Fsp3) is 0.444. The molecule has 0 aromatic heterocycles. The number of rotatable bonds is 1. The largest absolute Gasteiger partial charge is 0.271 e. The van der Waals surface area contributed by atoms with E-state index in [0.29, 0.717) is 5.92 Å². The smallest absolute Gasteiger partial charge is 0.267 e. The van der Waals surface area contributed by atoms with Gasteiger partial charge in [0.15, 0.2) is 0 Å². The zero-order valence-electron chi connectivity index (χ0n) is 6.53. The van der Waals surface area contributed by atoms with Crippen LogP contribution in [0.15, 0.2) is 17.1 Å². The lowest BCUT2D eigenvalue weighted by Gasteiger charge is -2.06. The Bertz CT molecular complexity index is 318. The highest BCUT2D eigenvalue weighted by molar-refractivity contribution is 6.08. The number of hydrogen-bond acceptors (Lipinski definition) is 2. The molecule has 1 unspecified atom stereocenters. The monoisotopic (exact) mass is 160 g/mol. The summed E-state index contributed by atoms with van der Waals surface area (Å²) in [7, 11) is 0. The quantitative estimate of drug-likeness (QED) is 0.576. The predicted octanol–water partition coefficient (Wildman–Crippen LogP) is 1.07. The van der Waals surface area contributed by atoms with Gasteiger partial charge in [0.05, 0.1) is 6.07 Å². The van der Waals surface area contributed by atoms with E-state index in [1.165, 1.54) is 0 Å². The van der Waals surface area contributed by atoms with Crippen molar-refractivity contribution in [1.29, 1.82) is 5.26 Å². The summed E-state index contributed by atoms with van der Waals surface area (Å²) in [4.78, 5) is 15.0. The van der Waals surface area contributed by atoms with Crippen LogP contribution in [0.2, 0.25) is 0 Å². The number of nitrogens with zero attached hydrogens (tertiary/aromatic N) is 2. The first-order valence-electron chi connectivity index (χ1n) is 4.01. The molecule has 0 N–H and O–H groups in total. The zero-order chi connectivity index (χ0) is 8.55. The van der Waals surface area contributed by atoms with E-state index < -0.39 is 5.92 Å². The van der Waals surface area contributed by atoms with Gasteiger partial charge in [-0.2, -0.15) is 5.26 Å². The van der Waals surface area contributed by atoms with Gasteiger partial charge in [-0.1, -0.05) is 6.08 Å². The van der Waals surface area contributed by atoms with Gasteiger partial charge in [0.2, 0.25) is 0 Å². The number of allylic oxidation sites excluding steroid dienone is 1. The van der Waals surface area contributed by atoms with Crippen molar-refractivity contribution in [2.24, 2.45) is 16.8 Å². The van der Waals surface area contributed by atoms with Crippen LogP contribution in [0.5, 0.6) is 0 Å². The van der Waals surface area contributed by atoms with Crippen molar-refractivity contribution < 1.29 is 4.79 Å². The van der Waals surface area contributed by atoms with E-state index in [9.17, 15) is 4.79 Å². The molecule has 0 spiro atoms. The van der Waals surface area contributed by atoms with Gasteiger partial charge in [0.25, 0.3) is 5.91 Å². The van der Waals surface area contributed by atoms with Crippen molar-refractivity contribution in [3.8, 4) is 6.07 Å². The minimum absolute atomic E-state index is 0.304. The van der Waals surface area contributed by atoms with E-state index in [0.717, 1.165) is 18.6 Å². The molecular formula is C9H8N2O. The number of hydrogen-bond donors (Lipinski definition) is 0. The highest BCUT2D eigenvalue weighted by Gasteiger charge is 2.29. The summed E-state index contributed by atoms with van der Waals surface area (Å²) in [5.74, 6) is -0.459. The fourth-order valence-corrected chi connectivity index (χ4v) is 1.22. The van der Waals surface area contributed by atoms with Crippen LogP contribution in [-0.2, 0) is 4.79 Å². The second-order valence-corrected chi connectivity index (χ2v) is 3.12. The third-order valence-electron chi connectivity index (χ3n) is 2.10. The minimum atomic E-state index is -0.646. The van der Waals surface area contributed by atoms with Crippen molar-refractivity contribution in [2.75, 3.05) is 0 Å². The van der Waals surface area contributed by atoms with Crippen molar-refractivity contribution in [3.63, 3.8) is 0 Å². The molecule has 2 rings (SSSR count). The number of nitriles is 1. The molecule has 0 bridgehead atoms. The SMILES string of the molecule is N#CC1C=CC(C2CC2)=NC1=O. The Kier molecular flexibility index (Phi) is 1.54. The zero-order valence-corrected chi connectivity index (χ0v) is 6.53. The highest BCUT2D eigenvalue weighted by Crippen LogP contribution is 2.32. The maximum Gasteiger partial charge on any atom is 0.267 e. The maximum atomic E-state index is 11.1. The van der Waals surface area contributed by atoms with Crippen LogP contribution >= 0.6 is 0 Å². The average Bonchev–Trinajstić information content (AvgIpc) is 2.86. The predicted molar refractivity (Wildman–Crippen MR) is 43.4 cm³/mol. The second kappa shape index (κ2) is 2.56. The molecule has 0 radical (unpaired) electrons. The van der Waals surface area contributed by atoms with E-state index in [4.69, 9.17) is 5.26 Å². The van der Waals surface area contributed by atoms with Crippen LogP contribution in [-0.4, -0.2) is 11.6 Å². The molecule has 12 heavy (non-hydrogen) atoms. The standard InChI is InChI=1S/C9H8N2O/c10-5-7-3-4-8(6-1-2-6)11-9(7)12/h3-4,6-7H,1-2H2. The lowest BCUT2D eigenvalue weighted by molar-refractivity contribution is -0.118. The number of aliphatic imine (C=N–C) groups is 1.